The molecular weight excluding hydrogens is 160 g/mol. The molecule has 72 valence electrons. The smallest absolute Gasteiger partial charge is 0.499 e. The van der Waals surface area contributed by atoms with E-state index in [1.54, 1.807) is 6.92 Å². The van der Waals surface area contributed by atoms with Crippen LogP contribution in [-0.2, 0) is 9.31 Å². The first-order valence-corrected chi connectivity index (χ1v) is 4.21. The van der Waals surface area contributed by atoms with Gasteiger partial charge in [0.05, 0.1) is 6.10 Å². The number of hydrogen-bond acceptors (Lipinski definition) is 3. The monoisotopic (exact) mass is 176 g/mol. The highest BCUT2D eigenvalue weighted by Gasteiger charge is 2.18. The summed E-state index contributed by atoms with van der Waals surface area (Å²) in [5.41, 5.74) is 0. The van der Waals surface area contributed by atoms with Crippen molar-refractivity contribution in [1.29, 1.82) is 0 Å². The van der Waals surface area contributed by atoms with Crippen LogP contribution in [0, 0.1) is 0 Å². The van der Waals surface area contributed by atoms with Crippen molar-refractivity contribution < 1.29 is 19.7 Å². The minimum absolute atomic E-state index is 0.0292. The van der Waals surface area contributed by atoms with Crippen LogP contribution >= 0.6 is 0 Å². The molecule has 0 aromatic carbocycles. The van der Waals surface area contributed by atoms with E-state index in [2.05, 4.69) is 4.58 Å². The Kier molecular flexibility index (Phi) is 6.47. The number of ether oxygens (including phenoxy) is 1. The van der Waals surface area contributed by atoms with Gasteiger partial charge in [0.25, 0.3) is 0 Å². The molecule has 0 amide bonds. The van der Waals surface area contributed by atoms with Crippen LogP contribution in [0.2, 0.25) is 0 Å². The highest BCUT2D eigenvalue weighted by atomic mass is 17.1. The quantitative estimate of drug-likeness (QED) is 0.275. The molecule has 1 unspecified atom stereocenters. The summed E-state index contributed by atoms with van der Waals surface area (Å²) in [5.74, 6) is -0.0292. The number of aliphatic hydroxyl groups excluding tert-OH is 1. The van der Waals surface area contributed by atoms with Gasteiger partial charge in [-0.3, -0.25) is 4.58 Å². The standard InChI is InChI=1S/C8H16O4/c1-3-5-7(9)6-8(12-10)11-4-2/h7,9H,3-6H2,1-2H3. The van der Waals surface area contributed by atoms with Crippen LogP contribution in [0.4, 0.5) is 0 Å². The van der Waals surface area contributed by atoms with Gasteiger partial charge in [-0.25, -0.2) is 0 Å². The summed E-state index contributed by atoms with van der Waals surface area (Å²) in [5, 5.41) is 19.2. The molecule has 12 heavy (non-hydrogen) atoms. The summed E-state index contributed by atoms with van der Waals surface area (Å²) in [7, 11) is 0. The van der Waals surface area contributed by atoms with E-state index < -0.39 is 6.10 Å². The second-order valence-corrected chi connectivity index (χ2v) is 2.53. The summed E-state index contributed by atoms with van der Waals surface area (Å²) in [6.07, 6.45) is 1.16. The van der Waals surface area contributed by atoms with Crippen LogP contribution in [0.25, 0.3) is 0 Å². The predicted octanol–water partition coefficient (Wildman–Crippen LogP) is -0.0884. The molecule has 0 fully saturated rings. The Bertz CT molecular complexity index is 133. The lowest BCUT2D eigenvalue weighted by Gasteiger charge is -2.04. The molecule has 0 saturated heterocycles. The maximum atomic E-state index is 9.99. The van der Waals surface area contributed by atoms with E-state index in [1.807, 2.05) is 6.92 Å². The summed E-state index contributed by atoms with van der Waals surface area (Å²) >= 11 is 0. The van der Waals surface area contributed by atoms with Gasteiger partial charge >= 0.3 is 5.97 Å². The van der Waals surface area contributed by atoms with E-state index in [0.29, 0.717) is 13.0 Å². The average molecular weight is 176 g/mol. The highest BCUT2D eigenvalue weighted by Crippen LogP contribution is 2.02. The number of esters is 1. The molecule has 0 rings (SSSR count). The molecule has 4 heteroatoms. The first kappa shape index (κ1) is 11.2. The van der Waals surface area contributed by atoms with E-state index in [0.717, 1.165) is 6.42 Å². The lowest BCUT2D eigenvalue weighted by molar-refractivity contribution is -1.05. The van der Waals surface area contributed by atoms with Gasteiger partial charge in [-0.05, 0) is 13.3 Å². The van der Waals surface area contributed by atoms with Crippen molar-refractivity contribution in [2.45, 2.75) is 39.2 Å². The lowest BCUT2D eigenvalue weighted by Crippen LogP contribution is -2.20. The second-order valence-electron chi connectivity index (χ2n) is 2.53. The molecule has 0 aromatic heterocycles. The van der Waals surface area contributed by atoms with Crippen LogP contribution in [0.15, 0.2) is 0 Å². The molecule has 1 atom stereocenters. The van der Waals surface area contributed by atoms with Gasteiger partial charge in [0.1, 0.15) is 6.42 Å². The van der Waals surface area contributed by atoms with Crippen molar-refractivity contribution in [2.24, 2.45) is 0 Å². The fourth-order valence-corrected chi connectivity index (χ4v) is 0.906. The van der Waals surface area contributed by atoms with Crippen molar-refractivity contribution in [3.63, 3.8) is 0 Å². The Morgan fingerprint density at radius 1 is 1.58 bits per heavy atom. The maximum absolute atomic E-state index is 9.99. The van der Waals surface area contributed by atoms with E-state index >= 15 is 0 Å². The molecule has 1 N–H and O–H groups in total. The SMILES string of the molecule is CCCC(O)CC(OCC)=[O+][O-]. The second kappa shape index (κ2) is 6.91. The van der Waals surface area contributed by atoms with Crippen LogP contribution in [0.3, 0.4) is 0 Å². The summed E-state index contributed by atoms with van der Waals surface area (Å²) in [6, 6.07) is 0. The van der Waals surface area contributed by atoms with E-state index in [-0.39, 0.29) is 12.4 Å². The third-order valence-electron chi connectivity index (χ3n) is 1.42. The van der Waals surface area contributed by atoms with Crippen molar-refractivity contribution in [2.75, 3.05) is 6.61 Å². The van der Waals surface area contributed by atoms with Crippen LogP contribution < -0.4 is 5.26 Å². The Hall–Kier alpha value is -0.770. The summed E-state index contributed by atoms with van der Waals surface area (Å²) in [6.45, 7) is 4.10. The van der Waals surface area contributed by atoms with E-state index in [4.69, 9.17) is 4.74 Å². The zero-order chi connectivity index (χ0) is 9.40. The van der Waals surface area contributed by atoms with E-state index in [9.17, 15) is 10.4 Å². The van der Waals surface area contributed by atoms with Crippen molar-refractivity contribution in [3.05, 3.63) is 0 Å². The Morgan fingerprint density at radius 3 is 2.67 bits per heavy atom. The average Bonchev–Trinajstić information content (AvgIpc) is 2.04. The summed E-state index contributed by atoms with van der Waals surface area (Å²) < 4.78 is 8.52. The van der Waals surface area contributed by atoms with Crippen LogP contribution in [0.1, 0.15) is 33.1 Å². The zero-order valence-corrected chi connectivity index (χ0v) is 7.58. The third kappa shape index (κ3) is 4.96. The molecule has 0 radical (unpaired) electrons. The van der Waals surface area contributed by atoms with Crippen LogP contribution in [0.5, 0.6) is 0 Å². The molecule has 0 spiro atoms. The Morgan fingerprint density at radius 2 is 2.25 bits per heavy atom. The highest BCUT2D eigenvalue weighted by molar-refractivity contribution is 5.70. The predicted molar refractivity (Wildman–Crippen MR) is 42.2 cm³/mol. The minimum atomic E-state index is -0.537. The van der Waals surface area contributed by atoms with Gasteiger partial charge in [-0.15, -0.1) is 0 Å². The lowest BCUT2D eigenvalue weighted by atomic mass is 10.1. The molecule has 0 aliphatic carbocycles. The van der Waals surface area contributed by atoms with Gasteiger partial charge in [0, 0.05) is 0 Å². The first-order valence-electron chi connectivity index (χ1n) is 4.21. The molecular formula is C8H16O4. The van der Waals surface area contributed by atoms with Gasteiger partial charge in [-0.2, -0.15) is 0 Å². The zero-order valence-electron chi connectivity index (χ0n) is 7.58. The molecule has 0 aliphatic rings. The number of hydrogen-bond donors (Lipinski definition) is 1. The molecule has 4 nitrogen and oxygen atoms in total. The van der Waals surface area contributed by atoms with E-state index in [1.165, 1.54) is 0 Å². The Labute approximate surface area is 72.4 Å². The number of rotatable bonds is 5. The van der Waals surface area contributed by atoms with Crippen molar-refractivity contribution >= 4 is 5.97 Å². The third-order valence-corrected chi connectivity index (χ3v) is 1.42. The number of carbonyl (C=O) groups excluding carboxylic acids is 1. The topological polar surface area (TPSA) is 63.8 Å². The fraction of sp³-hybridized carbons (Fsp3) is 0.875. The summed E-state index contributed by atoms with van der Waals surface area (Å²) in [4.78, 5) is 0. The molecule has 0 heterocycles. The van der Waals surface area contributed by atoms with Crippen LogP contribution in [-0.4, -0.2) is 23.8 Å². The fourth-order valence-electron chi connectivity index (χ4n) is 0.906. The normalized spacial score (nSPS) is 14.4. The molecule has 0 saturated carbocycles. The van der Waals surface area contributed by atoms with Crippen molar-refractivity contribution in [1.82, 2.24) is 0 Å². The van der Waals surface area contributed by atoms with Crippen molar-refractivity contribution in [3.8, 4) is 0 Å². The van der Waals surface area contributed by atoms with Gasteiger partial charge in [-0.1, -0.05) is 13.3 Å². The molecule has 0 aliphatic heterocycles. The maximum Gasteiger partial charge on any atom is 0.499 e. The van der Waals surface area contributed by atoms with Gasteiger partial charge in [0.2, 0.25) is 0 Å². The molecule has 0 aromatic rings. The first-order chi connectivity index (χ1) is 5.74. The largest absolute Gasteiger partial charge is 0.588 e. The Balaban J connectivity index is 3.70. The van der Waals surface area contributed by atoms with Gasteiger partial charge < -0.3 is 15.1 Å². The number of aliphatic hydroxyl groups is 1. The molecule has 0 bridgehead atoms. The minimum Gasteiger partial charge on any atom is -0.588 e. The van der Waals surface area contributed by atoms with Gasteiger partial charge in [0.15, 0.2) is 6.61 Å².